The van der Waals surface area contributed by atoms with Gasteiger partial charge in [-0.15, -0.1) is 0 Å². The summed E-state index contributed by atoms with van der Waals surface area (Å²) < 4.78 is 172. The summed E-state index contributed by atoms with van der Waals surface area (Å²) in [4.78, 5) is 0. The number of aliphatic hydroxyl groups excluding tert-OH is 8. The van der Waals surface area contributed by atoms with E-state index in [0.29, 0.717) is 145 Å². The van der Waals surface area contributed by atoms with Crippen molar-refractivity contribution >= 4 is 0 Å². The Labute approximate surface area is 700 Å². The van der Waals surface area contributed by atoms with Crippen molar-refractivity contribution in [2.24, 2.45) is 22.9 Å². The van der Waals surface area contributed by atoms with E-state index in [4.69, 9.17) is 196 Å². The minimum Gasteiger partial charge on any atom is -0.394 e. The molecule has 0 amide bonds. The molecule has 0 spiro atoms. The second kappa shape index (κ2) is 104. The molecule has 42 nitrogen and oxygen atoms in total. The Morgan fingerprint density at radius 2 is 0.237 bits per heavy atom. The van der Waals surface area contributed by atoms with Gasteiger partial charge in [0.15, 0.2) is 0 Å². The second-order valence-electron chi connectivity index (χ2n) is 25.2. The summed E-state index contributed by atoms with van der Waals surface area (Å²) in [7, 11) is 0. The van der Waals surface area contributed by atoms with Crippen LogP contribution < -0.4 is 22.9 Å². The van der Waals surface area contributed by atoms with Gasteiger partial charge in [0.1, 0.15) is 48.8 Å². The summed E-state index contributed by atoms with van der Waals surface area (Å²) in [5, 5.41) is 72.6. The van der Waals surface area contributed by atoms with Gasteiger partial charge in [0.25, 0.3) is 0 Å². The van der Waals surface area contributed by atoms with Crippen LogP contribution in [0.5, 0.6) is 0 Å². The van der Waals surface area contributed by atoms with Crippen molar-refractivity contribution in [3.05, 3.63) is 0 Å². The van der Waals surface area contributed by atoms with Gasteiger partial charge >= 0.3 is 0 Å². The molecule has 0 saturated carbocycles. The molecule has 0 rings (SSSR count). The van der Waals surface area contributed by atoms with Gasteiger partial charge in [0, 0.05) is 26.4 Å². The van der Waals surface area contributed by atoms with E-state index in [-0.39, 0.29) is 290 Å². The lowest BCUT2D eigenvalue weighted by atomic mass is 10.3. The van der Waals surface area contributed by atoms with Crippen LogP contribution in [-0.4, -0.2) is 512 Å². The van der Waals surface area contributed by atoms with E-state index >= 15 is 0 Å². The normalized spacial score (nSPS) is 13.9. The molecule has 0 aliphatic rings. The highest BCUT2D eigenvalue weighted by Crippen LogP contribution is 2.09. The quantitative estimate of drug-likeness (QED) is 0.0253. The fourth-order valence-corrected chi connectivity index (χ4v) is 9.14. The molecule has 0 bridgehead atoms. The van der Waals surface area contributed by atoms with Crippen LogP contribution in [0.25, 0.3) is 0 Å². The monoisotopic (exact) mass is 1740 g/mol. The van der Waals surface area contributed by atoms with Crippen molar-refractivity contribution in [2.75, 3.05) is 423 Å². The Morgan fingerprint density at radius 3 is 0.364 bits per heavy atom. The van der Waals surface area contributed by atoms with Crippen LogP contribution in [-0.2, 0) is 142 Å². The minimum absolute atomic E-state index is 0.0631. The van der Waals surface area contributed by atoms with Gasteiger partial charge in [-0.3, -0.25) is 0 Å². The number of hydrogen-bond donors (Lipinski definition) is 12. The Balaban J connectivity index is 0. The molecule has 0 aromatic rings. The maximum Gasteiger partial charge on any atom is 0.104 e. The van der Waals surface area contributed by atoms with E-state index in [1.807, 2.05) is 0 Å². The van der Waals surface area contributed by atoms with Crippen LogP contribution in [0.2, 0.25) is 0 Å². The molecule has 8 unspecified atom stereocenters. The number of ether oxygens (including phenoxy) is 30. The maximum absolute atomic E-state index is 9.19. The average molecular weight is 1740 g/mol. The molecular formula is C76H160N4O38. The maximum atomic E-state index is 9.19. The molecule has 0 radical (unpaired) electrons. The first-order chi connectivity index (χ1) is 58.3. The van der Waals surface area contributed by atoms with Crippen LogP contribution in [0.1, 0.15) is 25.7 Å². The van der Waals surface area contributed by atoms with E-state index in [9.17, 15) is 10.2 Å². The van der Waals surface area contributed by atoms with Crippen molar-refractivity contribution in [3.8, 4) is 0 Å². The van der Waals surface area contributed by atoms with E-state index in [1.54, 1.807) is 0 Å². The van der Waals surface area contributed by atoms with Crippen molar-refractivity contribution in [3.63, 3.8) is 0 Å². The standard InChI is InChI=1S/C50H102O29.C26H58N4O9/c51-1-9-59-17-19-67-33-45(74-27-21-61-11-3-53)35-69-37-47(76-29-23-63-13-5-55)39-71-41-49(78-31-25-65-15-7-57)43-73-44-50(79-32-26-66-16-8-58)42-72-40-48(77-30-24-64-14-6-56)38-70-36-46(75-28-22-62-12-4-54)34-68-20-18-60-10-2-52;27-5-1-9-31-13-15-35-21-25(38-19-17-33-11-3-7-29)23-37-24-26(39-20-18-34-12-4-8-30)22-36-16-14-32-10-2-6-28/h45-58H,1-44H2;25-26H,1-24,27-30H2. The zero-order valence-electron chi connectivity index (χ0n) is 70.8. The van der Waals surface area contributed by atoms with Gasteiger partial charge in [-0.1, -0.05) is 0 Å². The zero-order valence-corrected chi connectivity index (χ0v) is 70.8. The van der Waals surface area contributed by atoms with E-state index in [1.165, 1.54) is 0 Å². The Morgan fingerprint density at radius 1 is 0.127 bits per heavy atom. The minimum atomic E-state index is -0.597. The number of aliphatic hydroxyl groups is 8. The molecular weight excluding hydrogens is 1580 g/mol. The van der Waals surface area contributed by atoms with Crippen LogP contribution in [0.3, 0.4) is 0 Å². The first kappa shape index (κ1) is 118. The molecule has 0 aliphatic heterocycles. The lowest BCUT2D eigenvalue weighted by Crippen LogP contribution is -2.36. The van der Waals surface area contributed by atoms with Crippen LogP contribution >= 0.6 is 0 Å². The summed E-state index contributed by atoms with van der Waals surface area (Å²) in [5.74, 6) is 0. The molecule has 0 saturated heterocycles. The highest BCUT2D eigenvalue weighted by Gasteiger charge is 2.22. The Bertz CT molecular complexity index is 1700. The predicted octanol–water partition coefficient (Wildman–Crippen LogP) is -5.25. The third-order valence-electron chi connectivity index (χ3n) is 14.9. The molecule has 42 heteroatoms. The molecule has 8 atom stereocenters. The molecule has 0 fully saturated rings. The summed E-state index contributed by atoms with van der Waals surface area (Å²) in [6.45, 7) is 15.5. The summed E-state index contributed by atoms with van der Waals surface area (Å²) >= 11 is 0. The number of nitrogens with two attached hydrogens (primary N) is 4. The van der Waals surface area contributed by atoms with Crippen LogP contribution in [0.15, 0.2) is 0 Å². The zero-order chi connectivity index (χ0) is 85.9. The van der Waals surface area contributed by atoms with Gasteiger partial charge in [-0.05, 0) is 51.9 Å². The average Bonchev–Trinajstić information content (AvgIpc) is 0.956. The molecule has 118 heavy (non-hydrogen) atoms. The van der Waals surface area contributed by atoms with Crippen LogP contribution in [0.4, 0.5) is 0 Å². The summed E-state index contributed by atoms with van der Waals surface area (Å²) in [5.41, 5.74) is 21.9. The summed E-state index contributed by atoms with van der Waals surface area (Å²) in [6.07, 6.45) is -0.503. The third kappa shape index (κ3) is 92.0. The molecule has 0 aliphatic carbocycles. The SMILES string of the molecule is NCCCOCCOCC(COCC(COCCOCCCN)OCCOCCCN)OCCOCCCN.OCCOCCOCC(COCC(COCC(COCC(COCC(COCC(COCCOCCO)OCCOCCO)OCCOCCO)OCCOCCO)OCCOCCO)OCCOCCO)OCCOCCO. The van der Waals surface area contributed by atoms with Crippen molar-refractivity contribution in [2.45, 2.75) is 74.5 Å². The Kier molecular flexibility index (Phi) is 104. The van der Waals surface area contributed by atoms with E-state index < -0.39 is 36.6 Å². The van der Waals surface area contributed by atoms with Gasteiger partial charge < -0.3 is 206 Å². The predicted molar refractivity (Wildman–Crippen MR) is 427 cm³/mol. The molecule has 16 N–H and O–H groups in total. The van der Waals surface area contributed by atoms with Crippen molar-refractivity contribution < 1.29 is 183 Å². The number of rotatable bonds is 104. The highest BCUT2D eigenvalue weighted by atomic mass is 16.6. The smallest absolute Gasteiger partial charge is 0.104 e. The van der Waals surface area contributed by atoms with E-state index in [2.05, 4.69) is 0 Å². The Hall–Kier alpha value is -1.68. The van der Waals surface area contributed by atoms with Gasteiger partial charge in [-0.2, -0.15) is 0 Å². The summed E-state index contributed by atoms with van der Waals surface area (Å²) in [6, 6.07) is 0. The van der Waals surface area contributed by atoms with Crippen molar-refractivity contribution in [1.82, 2.24) is 0 Å². The van der Waals surface area contributed by atoms with Crippen LogP contribution in [0, 0.1) is 0 Å². The van der Waals surface area contributed by atoms with Crippen molar-refractivity contribution in [1.29, 1.82) is 0 Å². The number of hydrogen-bond acceptors (Lipinski definition) is 42. The third-order valence-corrected chi connectivity index (χ3v) is 14.9. The van der Waals surface area contributed by atoms with Gasteiger partial charge in [0.2, 0.25) is 0 Å². The lowest BCUT2D eigenvalue weighted by Gasteiger charge is -2.24. The second-order valence-corrected chi connectivity index (χ2v) is 25.2. The molecule has 712 valence electrons. The van der Waals surface area contributed by atoms with E-state index in [0.717, 1.165) is 25.7 Å². The van der Waals surface area contributed by atoms with Gasteiger partial charge in [-0.25, -0.2) is 0 Å². The molecule has 0 aromatic carbocycles. The fourth-order valence-electron chi connectivity index (χ4n) is 9.14. The van der Waals surface area contributed by atoms with Gasteiger partial charge in [0.05, 0.1) is 370 Å². The first-order valence-electron chi connectivity index (χ1n) is 41.6. The highest BCUT2D eigenvalue weighted by molar-refractivity contribution is 4.67. The first-order valence-corrected chi connectivity index (χ1v) is 41.6. The fraction of sp³-hybridized carbons (Fsp3) is 1.00. The largest absolute Gasteiger partial charge is 0.394 e. The lowest BCUT2D eigenvalue weighted by molar-refractivity contribution is -0.131. The molecule has 0 aromatic heterocycles. The molecule has 0 heterocycles. The topological polar surface area (TPSA) is 543 Å².